The molecule has 0 aliphatic heterocycles. The van der Waals surface area contributed by atoms with Crippen molar-refractivity contribution in [3.05, 3.63) is 0 Å². The number of carbonyl (C=O) groups excluding carboxylic acids is 1. The average Bonchev–Trinajstić information content (AvgIpc) is 2.45. The van der Waals surface area contributed by atoms with Gasteiger partial charge in [-0.25, -0.2) is 0 Å². The van der Waals surface area contributed by atoms with Crippen molar-refractivity contribution in [1.82, 2.24) is 0 Å². The number of halogens is 1. The summed E-state index contributed by atoms with van der Waals surface area (Å²) >= 11 is 6.36. The van der Waals surface area contributed by atoms with Gasteiger partial charge in [-0.15, -0.1) is 11.6 Å². The smallest absolute Gasteiger partial charge is 0.302 e. The summed E-state index contributed by atoms with van der Waals surface area (Å²) in [4.78, 5) is 10.6. The lowest BCUT2D eigenvalue weighted by Crippen LogP contribution is -2.00. The molecule has 0 spiro atoms. The number of alkyl halides is 1. The minimum atomic E-state index is -0.169. The van der Waals surface area contributed by atoms with E-state index in [4.69, 9.17) is 16.3 Å². The largest absolute Gasteiger partial charge is 0.466 e. The molecule has 0 aromatic carbocycles. The van der Waals surface area contributed by atoms with Crippen molar-refractivity contribution in [3.8, 4) is 0 Å². The average molecular weight is 319 g/mol. The Morgan fingerprint density at radius 1 is 0.857 bits per heavy atom. The molecule has 3 heteroatoms. The predicted octanol–water partition coefficient (Wildman–Crippen LogP) is 6.25. The van der Waals surface area contributed by atoms with Crippen LogP contribution in [0.25, 0.3) is 0 Å². The molecular formula is C18H35ClO2. The first-order valence-electron chi connectivity index (χ1n) is 8.94. The molecule has 0 fully saturated rings. The number of unbranched alkanes of at least 4 members (excludes halogenated alkanes) is 9. The summed E-state index contributed by atoms with van der Waals surface area (Å²) in [6.45, 7) is 4.30. The van der Waals surface area contributed by atoms with Gasteiger partial charge in [-0.1, -0.05) is 71.1 Å². The molecule has 2 nitrogen and oxygen atoms in total. The highest BCUT2D eigenvalue weighted by molar-refractivity contribution is 6.20. The van der Waals surface area contributed by atoms with E-state index in [1.54, 1.807) is 0 Å². The van der Waals surface area contributed by atoms with E-state index in [0.29, 0.717) is 12.0 Å². The standard InChI is InChI=1S/C18H35ClO2/c1-3-4-5-8-11-14-18(19)15-12-9-6-7-10-13-16-21-17(2)20/h18H,3-16H2,1-2H3. The molecule has 0 radical (unpaired) electrons. The van der Waals surface area contributed by atoms with Gasteiger partial charge in [0, 0.05) is 12.3 Å². The summed E-state index contributed by atoms with van der Waals surface area (Å²) in [5.74, 6) is -0.169. The molecule has 0 bridgehead atoms. The van der Waals surface area contributed by atoms with Crippen LogP contribution >= 0.6 is 11.6 Å². The summed E-state index contributed by atoms with van der Waals surface area (Å²) < 4.78 is 4.91. The van der Waals surface area contributed by atoms with Crippen molar-refractivity contribution in [1.29, 1.82) is 0 Å². The fraction of sp³-hybridized carbons (Fsp3) is 0.944. The zero-order chi connectivity index (χ0) is 15.8. The van der Waals surface area contributed by atoms with Gasteiger partial charge < -0.3 is 4.74 Å². The third-order valence-electron chi connectivity index (χ3n) is 3.84. The second-order valence-electron chi connectivity index (χ2n) is 6.05. The summed E-state index contributed by atoms with van der Waals surface area (Å²) in [5, 5.41) is 0.385. The molecule has 0 aromatic rings. The van der Waals surface area contributed by atoms with Crippen LogP contribution < -0.4 is 0 Å². The number of hydrogen-bond donors (Lipinski definition) is 0. The second-order valence-corrected chi connectivity index (χ2v) is 6.67. The Balaban J connectivity index is 3.14. The van der Waals surface area contributed by atoms with Crippen molar-refractivity contribution < 1.29 is 9.53 Å². The Morgan fingerprint density at radius 3 is 1.86 bits per heavy atom. The van der Waals surface area contributed by atoms with Crippen LogP contribution in [0.3, 0.4) is 0 Å². The van der Waals surface area contributed by atoms with Crippen LogP contribution in [0.5, 0.6) is 0 Å². The van der Waals surface area contributed by atoms with Gasteiger partial charge in [0.2, 0.25) is 0 Å². The van der Waals surface area contributed by atoms with Crippen molar-refractivity contribution in [2.75, 3.05) is 6.61 Å². The molecule has 0 rings (SSSR count). The predicted molar refractivity (Wildman–Crippen MR) is 92.0 cm³/mol. The third kappa shape index (κ3) is 17.7. The second kappa shape index (κ2) is 16.1. The van der Waals surface area contributed by atoms with E-state index < -0.39 is 0 Å². The van der Waals surface area contributed by atoms with Gasteiger partial charge >= 0.3 is 5.97 Å². The SMILES string of the molecule is CCCCCCCC(Cl)CCCCCCCCOC(C)=O. The lowest BCUT2D eigenvalue weighted by molar-refractivity contribution is -0.141. The maximum atomic E-state index is 10.6. The molecule has 0 aliphatic carbocycles. The van der Waals surface area contributed by atoms with Gasteiger partial charge in [0.15, 0.2) is 0 Å². The molecule has 0 saturated carbocycles. The van der Waals surface area contributed by atoms with E-state index in [0.717, 1.165) is 12.8 Å². The van der Waals surface area contributed by atoms with Gasteiger partial charge in [0.05, 0.1) is 6.61 Å². The Hall–Kier alpha value is -0.240. The Labute approximate surface area is 137 Å². The first-order chi connectivity index (χ1) is 10.2. The molecule has 21 heavy (non-hydrogen) atoms. The lowest BCUT2D eigenvalue weighted by Gasteiger charge is -2.09. The first-order valence-corrected chi connectivity index (χ1v) is 9.38. The fourth-order valence-corrected chi connectivity index (χ4v) is 2.81. The Bertz CT molecular complexity index is 231. The van der Waals surface area contributed by atoms with Gasteiger partial charge in [-0.05, 0) is 19.3 Å². The van der Waals surface area contributed by atoms with Crippen LogP contribution in [-0.2, 0) is 9.53 Å². The highest BCUT2D eigenvalue weighted by Crippen LogP contribution is 2.17. The van der Waals surface area contributed by atoms with Crippen LogP contribution in [-0.4, -0.2) is 18.0 Å². The first kappa shape index (κ1) is 20.8. The zero-order valence-electron chi connectivity index (χ0n) is 14.2. The number of carbonyl (C=O) groups is 1. The highest BCUT2D eigenvalue weighted by Gasteiger charge is 2.04. The van der Waals surface area contributed by atoms with E-state index in [9.17, 15) is 4.79 Å². The summed E-state index contributed by atoms with van der Waals surface area (Å²) in [6, 6.07) is 0. The maximum Gasteiger partial charge on any atom is 0.302 e. The summed E-state index contributed by atoms with van der Waals surface area (Å²) in [5.41, 5.74) is 0. The monoisotopic (exact) mass is 318 g/mol. The molecule has 0 N–H and O–H groups in total. The molecule has 0 aromatic heterocycles. The fourth-order valence-electron chi connectivity index (χ4n) is 2.50. The topological polar surface area (TPSA) is 26.3 Å². The minimum Gasteiger partial charge on any atom is -0.466 e. The van der Waals surface area contributed by atoms with E-state index in [1.165, 1.54) is 77.6 Å². The quantitative estimate of drug-likeness (QED) is 0.203. The zero-order valence-corrected chi connectivity index (χ0v) is 14.9. The van der Waals surface area contributed by atoms with Gasteiger partial charge in [-0.3, -0.25) is 4.79 Å². The Morgan fingerprint density at radius 2 is 1.33 bits per heavy atom. The Kier molecular flexibility index (Phi) is 16.0. The molecule has 1 unspecified atom stereocenters. The van der Waals surface area contributed by atoms with Crippen molar-refractivity contribution in [3.63, 3.8) is 0 Å². The van der Waals surface area contributed by atoms with E-state index in [1.807, 2.05) is 0 Å². The van der Waals surface area contributed by atoms with Crippen LogP contribution in [0.1, 0.15) is 97.3 Å². The van der Waals surface area contributed by atoms with Crippen LogP contribution in [0.15, 0.2) is 0 Å². The molecule has 0 amide bonds. The van der Waals surface area contributed by atoms with Crippen molar-refractivity contribution in [2.24, 2.45) is 0 Å². The molecule has 0 saturated heterocycles. The number of rotatable bonds is 15. The van der Waals surface area contributed by atoms with Gasteiger partial charge in [0.25, 0.3) is 0 Å². The molecular weight excluding hydrogens is 284 g/mol. The van der Waals surface area contributed by atoms with Crippen molar-refractivity contribution in [2.45, 2.75) is 103 Å². The lowest BCUT2D eigenvalue weighted by atomic mass is 10.0. The third-order valence-corrected chi connectivity index (χ3v) is 4.27. The normalized spacial score (nSPS) is 12.3. The molecule has 1 atom stereocenters. The van der Waals surface area contributed by atoms with Crippen LogP contribution in [0.4, 0.5) is 0 Å². The molecule has 0 heterocycles. The number of ether oxygens (including phenoxy) is 1. The molecule has 126 valence electrons. The van der Waals surface area contributed by atoms with Gasteiger partial charge in [-0.2, -0.15) is 0 Å². The highest BCUT2D eigenvalue weighted by atomic mass is 35.5. The van der Waals surface area contributed by atoms with Crippen LogP contribution in [0, 0.1) is 0 Å². The minimum absolute atomic E-state index is 0.169. The van der Waals surface area contributed by atoms with E-state index in [2.05, 4.69) is 6.92 Å². The summed E-state index contributed by atoms with van der Waals surface area (Å²) in [7, 11) is 0. The summed E-state index contributed by atoms with van der Waals surface area (Å²) in [6.07, 6.45) is 16.3. The number of hydrogen-bond acceptors (Lipinski definition) is 2. The van der Waals surface area contributed by atoms with Crippen molar-refractivity contribution >= 4 is 17.6 Å². The molecule has 0 aliphatic rings. The van der Waals surface area contributed by atoms with E-state index >= 15 is 0 Å². The van der Waals surface area contributed by atoms with Crippen LogP contribution in [0.2, 0.25) is 0 Å². The van der Waals surface area contributed by atoms with E-state index in [-0.39, 0.29) is 5.97 Å². The van der Waals surface area contributed by atoms with Gasteiger partial charge in [0.1, 0.15) is 0 Å². The maximum absolute atomic E-state index is 10.6. The number of esters is 1.